The lowest BCUT2D eigenvalue weighted by Gasteiger charge is -2.32. The van der Waals surface area contributed by atoms with E-state index in [4.69, 9.17) is 0 Å². The Hall–Kier alpha value is -3.42. The van der Waals surface area contributed by atoms with E-state index >= 15 is 0 Å². The number of hydrogen-bond acceptors (Lipinski definition) is 5. The molecular weight excluding hydrogens is 376 g/mol. The van der Waals surface area contributed by atoms with Gasteiger partial charge < -0.3 is 10.2 Å². The second-order valence-corrected chi connectivity index (χ2v) is 6.92. The lowest BCUT2D eigenvalue weighted by molar-refractivity contribution is -0.120. The number of carbonyl (C=O) groups excluding carboxylic acids is 1. The van der Waals surface area contributed by atoms with E-state index in [2.05, 4.69) is 20.5 Å². The minimum Gasteiger partial charge on any atom is -0.354 e. The average Bonchev–Trinajstić information content (AvgIpc) is 2.77. The van der Waals surface area contributed by atoms with Crippen LogP contribution < -0.4 is 10.2 Å². The molecule has 2 aromatic heterocycles. The van der Waals surface area contributed by atoms with E-state index in [-0.39, 0.29) is 17.5 Å². The minimum atomic E-state index is -0.989. The molecule has 0 aliphatic carbocycles. The maximum Gasteiger partial charge on any atom is 0.229 e. The van der Waals surface area contributed by atoms with Crippen LogP contribution in [0.3, 0.4) is 0 Å². The van der Waals surface area contributed by atoms with Gasteiger partial charge in [0, 0.05) is 42.8 Å². The molecule has 3 aromatic rings. The van der Waals surface area contributed by atoms with E-state index in [9.17, 15) is 13.6 Å². The van der Waals surface area contributed by atoms with Crippen molar-refractivity contribution < 1.29 is 13.6 Å². The summed E-state index contributed by atoms with van der Waals surface area (Å²) in [6, 6.07) is 10.8. The first-order chi connectivity index (χ1) is 14.1. The zero-order valence-electron chi connectivity index (χ0n) is 15.6. The molecule has 1 N–H and O–H groups in total. The molecule has 1 saturated heterocycles. The maximum atomic E-state index is 13.4. The van der Waals surface area contributed by atoms with E-state index in [1.807, 2.05) is 29.2 Å². The highest BCUT2D eigenvalue weighted by Gasteiger charge is 2.27. The molecule has 1 fully saturated rings. The summed E-state index contributed by atoms with van der Waals surface area (Å²) in [7, 11) is 0. The molecule has 1 atom stereocenters. The van der Waals surface area contributed by atoms with Gasteiger partial charge in [-0.15, -0.1) is 10.2 Å². The molecular formula is C21H19F2N5O. The second kappa shape index (κ2) is 8.30. The second-order valence-electron chi connectivity index (χ2n) is 6.92. The fourth-order valence-electron chi connectivity index (χ4n) is 3.38. The molecule has 1 aliphatic heterocycles. The largest absolute Gasteiger partial charge is 0.354 e. The number of anilines is 2. The fourth-order valence-corrected chi connectivity index (χ4v) is 3.38. The number of benzene rings is 1. The summed E-state index contributed by atoms with van der Waals surface area (Å²) in [6.07, 6.45) is 4.96. The van der Waals surface area contributed by atoms with Gasteiger partial charge in [-0.2, -0.15) is 0 Å². The molecule has 4 rings (SSSR count). The molecule has 0 bridgehead atoms. The monoisotopic (exact) mass is 395 g/mol. The Labute approximate surface area is 166 Å². The number of nitrogens with zero attached hydrogens (tertiary/aromatic N) is 4. The summed E-state index contributed by atoms with van der Waals surface area (Å²) in [5, 5.41) is 11.2. The van der Waals surface area contributed by atoms with Gasteiger partial charge >= 0.3 is 0 Å². The number of amides is 1. The number of nitrogens with one attached hydrogen (secondary N) is 1. The van der Waals surface area contributed by atoms with Crippen LogP contribution in [0.5, 0.6) is 0 Å². The number of halogens is 2. The van der Waals surface area contributed by atoms with Gasteiger partial charge in [-0.05, 0) is 49.2 Å². The quantitative estimate of drug-likeness (QED) is 0.730. The third-order valence-electron chi connectivity index (χ3n) is 4.91. The highest BCUT2D eigenvalue weighted by Crippen LogP contribution is 2.24. The van der Waals surface area contributed by atoms with Crippen molar-refractivity contribution in [2.24, 2.45) is 5.92 Å². The zero-order valence-corrected chi connectivity index (χ0v) is 15.6. The van der Waals surface area contributed by atoms with Crippen LogP contribution in [0.15, 0.2) is 54.9 Å². The van der Waals surface area contributed by atoms with Crippen molar-refractivity contribution in [2.45, 2.75) is 12.8 Å². The van der Waals surface area contributed by atoms with Gasteiger partial charge in [0.05, 0.1) is 11.6 Å². The molecule has 1 aliphatic rings. The number of rotatable bonds is 4. The Morgan fingerprint density at radius 1 is 1.10 bits per heavy atom. The van der Waals surface area contributed by atoms with Crippen LogP contribution in [0, 0.1) is 17.6 Å². The van der Waals surface area contributed by atoms with E-state index in [1.165, 1.54) is 6.07 Å². The molecule has 0 radical (unpaired) electrons. The number of aromatic nitrogens is 3. The van der Waals surface area contributed by atoms with Crippen LogP contribution in [0.4, 0.5) is 20.3 Å². The summed E-state index contributed by atoms with van der Waals surface area (Å²) in [5.74, 6) is -1.74. The van der Waals surface area contributed by atoms with Crippen molar-refractivity contribution >= 4 is 17.4 Å². The first-order valence-electron chi connectivity index (χ1n) is 9.35. The summed E-state index contributed by atoms with van der Waals surface area (Å²) >= 11 is 0. The molecule has 29 heavy (non-hydrogen) atoms. The normalized spacial score (nSPS) is 16.5. The SMILES string of the molecule is O=C(Nc1ccc(F)c(F)c1)C1CCCN(c2ccc(-c3cccnc3)nn2)C1. The molecule has 6 nitrogen and oxygen atoms in total. The van der Waals surface area contributed by atoms with Crippen molar-refractivity contribution in [1.29, 1.82) is 0 Å². The van der Waals surface area contributed by atoms with Crippen molar-refractivity contribution in [1.82, 2.24) is 15.2 Å². The van der Waals surface area contributed by atoms with Crippen LogP contribution >= 0.6 is 0 Å². The van der Waals surface area contributed by atoms with Crippen molar-refractivity contribution in [3.05, 3.63) is 66.5 Å². The van der Waals surface area contributed by atoms with Gasteiger partial charge in [-0.25, -0.2) is 8.78 Å². The smallest absolute Gasteiger partial charge is 0.229 e. The molecule has 0 saturated carbocycles. The lowest BCUT2D eigenvalue weighted by atomic mass is 9.97. The van der Waals surface area contributed by atoms with Gasteiger partial charge in [0.25, 0.3) is 0 Å². The van der Waals surface area contributed by atoms with Crippen LogP contribution in [-0.4, -0.2) is 34.2 Å². The molecule has 1 unspecified atom stereocenters. The molecule has 1 aromatic carbocycles. The lowest BCUT2D eigenvalue weighted by Crippen LogP contribution is -2.41. The van der Waals surface area contributed by atoms with Gasteiger partial charge in [0.15, 0.2) is 17.5 Å². The number of hydrogen-bond donors (Lipinski definition) is 1. The predicted octanol–water partition coefficient (Wildman–Crippen LogP) is 3.67. The first kappa shape index (κ1) is 18.9. The van der Waals surface area contributed by atoms with Crippen molar-refractivity contribution in [2.75, 3.05) is 23.3 Å². The molecule has 3 heterocycles. The number of carbonyl (C=O) groups is 1. The van der Waals surface area contributed by atoms with Crippen LogP contribution in [0.2, 0.25) is 0 Å². The maximum absolute atomic E-state index is 13.4. The van der Waals surface area contributed by atoms with Crippen molar-refractivity contribution in [3.63, 3.8) is 0 Å². The summed E-state index contributed by atoms with van der Waals surface area (Å²) in [6.45, 7) is 1.26. The summed E-state index contributed by atoms with van der Waals surface area (Å²) in [5.41, 5.74) is 1.85. The number of piperidine rings is 1. The Morgan fingerprint density at radius 2 is 2.00 bits per heavy atom. The Morgan fingerprint density at radius 3 is 2.72 bits per heavy atom. The van der Waals surface area contributed by atoms with E-state index < -0.39 is 11.6 Å². The van der Waals surface area contributed by atoms with E-state index in [0.29, 0.717) is 18.8 Å². The highest BCUT2D eigenvalue weighted by atomic mass is 19.2. The Kier molecular flexibility index (Phi) is 5.41. The van der Waals surface area contributed by atoms with E-state index in [0.717, 1.165) is 36.4 Å². The van der Waals surface area contributed by atoms with Crippen LogP contribution in [-0.2, 0) is 4.79 Å². The van der Waals surface area contributed by atoms with Gasteiger partial charge in [0.1, 0.15) is 0 Å². The standard InChI is InChI=1S/C21H19F2N5O/c22-17-6-5-16(11-18(17)23)25-21(29)15-4-2-10-28(13-15)20-8-7-19(26-27-20)14-3-1-9-24-12-14/h1,3,5-9,11-12,15H,2,4,10,13H2,(H,25,29). The van der Waals surface area contributed by atoms with Gasteiger partial charge in [-0.1, -0.05) is 0 Å². The van der Waals surface area contributed by atoms with Crippen LogP contribution in [0.1, 0.15) is 12.8 Å². The first-order valence-corrected chi connectivity index (χ1v) is 9.35. The zero-order chi connectivity index (χ0) is 20.2. The van der Waals surface area contributed by atoms with E-state index in [1.54, 1.807) is 12.4 Å². The molecule has 148 valence electrons. The third kappa shape index (κ3) is 4.37. The molecule has 1 amide bonds. The van der Waals surface area contributed by atoms with Gasteiger partial charge in [0.2, 0.25) is 5.91 Å². The van der Waals surface area contributed by atoms with Crippen molar-refractivity contribution in [3.8, 4) is 11.3 Å². The highest BCUT2D eigenvalue weighted by molar-refractivity contribution is 5.93. The minimum absolute atomic E-state index is 0.222. The fraction of sp³-hybridized carbons (Fsp3) is 0.238. The molecule has 8 heteroatoms. The third-order valence-corrected chi connectivity index (χ3v) is 4.91. The Bertz CT molecular complexity index is 998. The van der Waals surface area contributed by atoms with Crippen LogP contribution in [0.25, 0.3) is 11.3 Å². The summed E-state index contributed by atoms with van der Waals surface area (Å²) < 4.78 is 26.4. The molecule has 0 spiro atoms. The topological polar surface area (TPSA) is 71.0 Å². The summed E-state index contributed by atoms with van der Waals surface area (Å²) in [4.78, 5) is 18.7. The number of pyridine rings is 1. The van der Waals surface area contributed by atoms with Gasteiger partial charge in [-0.3, -0.25) is 9.78 Å². The average molecular weight is 395 g/mol. The predicted molar refractivity (Wildman–Crippen MR) is 105 cm³/mol. The Balaban J connectivity index is 1.42.